The van der Waals surface area contributed by atoms with Gasteiger partial charge in [0.05, 0.1) is 0 Å². The van der Waals surface area contributed by atoms with Gasteiger partial charge in [-0.2, -0.15) is 0 Å². The van der Waals surface area contributed by atoms with Crippen molar-refractivity contribution in [3.8, 4) is 0 Å². The molecule has 1 saturated heterocycles. The highest BCUT2D eigenvalue weighted by Crippen LogP contribution is 2.34. The fourth-order valence-corrected chi connectivity index (χ4v) is 15.8. The number of hydrogen-bond acceptors (Lipinski definition) is 1. The van der Waals surface area contributed by atoms with Gasteiger partial charge < -0.3 is 4.12 Å². The summed E-state index contributed by atoms with van der Waals surface area (Å²) in [4.78, 5) is 0. The van der Waals surface area contributed by atoms with Gasteiger partial charge in [0.25, 0.3) is 0 Å². The SMILES string of the molecule is C[Si]1(C)CC[Si](c2ccccc2)(c2cccc3ccccc23)O1. The first-order valence-corrected chi connectivity index (χ1v) is 13.6. The fraction of sp³-hybridized carbons (Fsp3) is 0.200. The highest BCUT2D eigenvalue weighted by atomic mass is 28.4. The molecule has 0 radical (unpaired) electrons. The molecule has 0 aromatic heterocycles. The second-order valence-electron chi connectivity index (χ2n) is 7.08. The van der Waals surface area contributed by atoms with Crippen LogP contribution in [0.15, 0.2) is 72.8 Å². The van der Waals surface area contributed by atoms with E-state index < -0.39 is 16.6 Å². The first-order valence-electron chi connectivity index (χ1n) is 8.35. The summed E-state index contributed by atoms with van der Waals surface area (Å²) in [7, 11) is -3.69. The van der Waals surface area contributed by atoms with Gasteiger partial charge in [0.2, 0.25) is 8.32 Å². The lowest BCUT2D eigenvalue weighted by Gasteiger charge is -2.31. The van der Waals surface area contributed by atoms with Crippen molar-refractivity contribution in [3.63, 3.8) is 0 Å². The predicted octanol–water partition coefficient (Wildman–Crippen LogP) is 4.13. The quantitative estimate of drug-likeness (QED) is 0.640. The molecule has 116 valence electrons. The third kappa shape index (κ3) is 2.49. The Morgan fingerprint density at radius 3 is 2.17 bits per heavy atom. The highest BCUT2D eigenvalue weighted by molar-refractivity contribution is 7.06. The summed E-state index contributed by atoms with van der Waals surface area (Å²) in [5.74, 6) is 0. The van der Waals surface area contributed by atoms with Crippen molar-refractivity contribution in [2.45, 2.75) is 25.2 Å². The molecule has 1 aliphatic rings. The Bertz CT molecular complexity index is 839. The minimum absolute atomic E-state index is 1.21. The Labute approximate surface area is 140 Å². The van der Waals surface area contributed by atoms with E-state index in [1.807, 2.05) is 0 Å². The molecule has 1 nitrogen and oxygen atoms in total. The largest absolute Gasteiger partial charge is 0.449 e. The van der Waals surface area contributed by atoms with Crippen molar-refractivity contribution < 1.29 is 4.12 Å². The summed E-state index contributed by atoms with van der Waals surface area (Å²) in [5.41, 5.74) is 0. The molecule has 0 bridgehead atoms. The van der Waals surface area contributed by atoms with Gasteiger partial charge in [0.1, 0.15) is 0 Å². The van der Waals surface area contributed by atoms with E-state index >= 15 is 0 Å². The highest BCUT2D eigenvalue weighted by Gasteiger charge is 2.50. The van der Waals surface area contributed by atoms with E-state index in [-0.39, 0.29) is 0 Å². The van der Waals surface area contributed by atoms with Crippen molar-refractivity contribution in [2.24, 2.45) is 0 Å². The van der Waals surface area contributed by atoms with Crippen LogP contribution in [0.2, 0.25) is 25.2 Å². The van der Waals surface area contributed by atoms with Crippen LogP contribution in [-0.2, 0) is 4.12 Å². The molecule has 0 N–H and O–H groups in total. The van der Waals surface area contributed by atoms with Crippen LogP contribution in [0.3, 0.4) is 0 Å². The van der Waals surface area contributed by atoms with Gasteiger partial charge in [-0.3, -0.25) is 0 Å². The van der Waals surface area contributed by atoms with Gasteiger partial charge in [-0.15, -0.1) is 0 Å². The maximum atomic E-state index is 6.99. The standard InChI is InChI=1S/C20H22OSi2/c1-22(2)15-16-23(21-22,18-11-4-3-5-12-18)20-14-8-10-17-9-6-7-13-19(17)20/h3-14H,15-16H2,1-2H3. The van der Waals surface area contributed by atoms with E-state index in [0.29, 0.717) is 0 Å². The van der Waals surface area contributed by atoms with Crippen LogP contribution in [0.4, 0.5) is 0 Å². The van der Waals surface area contributed by atoms with Crippen LogP contribution in [0, 0.1) is 0 Å². The van der Waals surface area contributed by atoms with Crippen LogP contribution in [0.25, 0.3) is 10.8 Å². The minimum Gasteiger partial charge on any atom is -0.449 e. The van der Waals surface area contributed by atoms with E-state index in [9.17, 15) is 0 Å². The van der Waals surface area contributed by atoms with Gasteiger partial charge in [0.15, 0.2) is 8.32 Å². The molecule has 0 spiro atoms. The Hall–Kier alpha value is -1.69. The molecule has 1 atom stereocenters. The second-order valence-corrected chi connectivity index (χ2v) is 15.2. The maximum absolute atomic E-state index is 6.99. The molecule has 1 unspecified atom stereocenters. The average molecular weight is 335 g/mol. The fourth-order valence-electron chi connectivity index (χ4n) is 3.88. The second kappa shape index (κ2) is 5.44. The zero-order valence-electron chi connectivity index (χ0n) is 13.8. The van der Waals surface area contributed by atoms with Gasteiger partial charge in [0, 0.05) is 0 Å². The lowest BCUT2D eigenvalue weighted by molar-refractivity contribution is 0.589. The zero-order chi connectivity index (χ0) is 15.9. The smallest absolute Gasteiger partial charge is 0.245 e. The summed E-state index contributed by atoms with van der Waals surface area (Å²) in [6.07, 6.45) is 0. The molecular weight excluding hydrogens is 312 g/mol. The lowest BCUT2D eigenvalue weighted by atomic mass is 10.1. The third-order valence-electron chi connectivity index (χ3n) is 4.99. The Kier molecular flexibility index (Phi) is 3.52. The molecule has 0 saturated carbocycles. The molecule has 0 aliphatic carbocycles. The van der Waals surface area contributed by atoms with Crippen molar-refractivity contribution in [1.29, 1.82) is 0 Å². The van der Waals surface area contributed by atoms with Crippen molar-refractivity contribution in [1.82, 2.24) is 0 Å². The molecule has 3 heteroatoms. The minimum atomic E-state index is -2.12. The summed E-state index contributed by atoms with van der Waals surface area (Å²) in [6, 6.07) is 28.9. The van der Waals surface area contributed by atoms with E-state index in [2.05, 4.69) is 85.9 Å². The molecule has 3 aromatic carbocycles. The Morgan fingerprint density at radius 1 is 0.739 bits per heavy atom. The van der Waals surface area contributed by atoms with Gasteiger partial charge in [-0.25, -0.2) is 0 Å². The van der Waals surface area contributed by atoms with Crippen LogP contribution < -0.4 is 10.4 Å². The zero-order valence-corrected chi connectivity index (χ0v) is 15.8. The van der Waals surface area contributed by atoms with Crippen LogP contribution in [0.5, 0.6) is 0 Å². The van der Waals surface area contributed by atoms with E-state index in [1.54, 1.807) is 0 Å². The first kappa shape index (κ1) is 14.9. The van der Waals surface area contributed by atoms with Crippen molar-refractivity contribution in [2.75, 3.05) is 0 Å². The summed E-state index contributed by atoms with van der Waals surface area (Å²) < 4.78 is 6.99. The summed E-state index contributed by atoms with van der Waals surface area (Å²) in [5, 5.41) is 5.58. The van der Waals surface area contributed by atoms with Gasteiger partial charge in [-0.1, -0.05) is 72.8 Å². The van der Waals surface area contributed by atoms with E-state index in [0.717, 1.165) is 0 Å². The van der Waals surface area contributed by atoms with Gasteiger partial charge in [-0.05, 0) is 46.3 Å². The molecular formula is C20H22OSi2. The molecule has 0 amide bonds. The number of benzene rings is 3. The topological polar surface area (TPSA) is 9.23 Å². The molecule has 1 aliphatic heterocycles. The predicted molar refractivity (Wildman–Crippen MR) is 104 cm³/mol. The van der Waals surface area contributed by atoms with Crippen molar-refractivity contribution in [3.05, 3.63) is 72.8 Å². The third-order valence-corrected chi connectivity index (χ3v) is 14.1. The van der Waals surface area contributed by atoms with E-state index in [1.165, 1.54) is 33.2 Å². The van der Waals surface area contributed by atoms with Crippen LogP contribution in [-0.4, -0.2) is 16.6 Å². The number of rotatable bonds is 2. The average Bonchev–Trinajstić information content (AvgIpc) is 2.92. The van der Waals surface area contributed by atoms with Crippen LogP contribution >= 0.6 is 0 Å². The summed E-state index contributed by atoms with van der Waals surface area (Å²) in [6.45, 7) is 4.74. The molecule has 4 rings (SSSR count). The first-order chi connectivity index (χ1) is 11.1. The summed E-state index contributed by atoms with van der Waals surface area (Å²) >= 11 is 0. The molecule has 1 fully saturated rings. The van der Waals surface area contributed by atoms with E-state index in [4.69, 9.17) is 4.12 Å². The Morgan fingerprint density at radius 2 is 1.43 bits per heavy atom. The molecule has 1 heterocycles. The van der Waals surface area contributed by atoms with Crippen LogP contribution in [0.1, 0.15) is 0 Å². The lowest BCUT2D eigenvalue weighted by Crippen LogP contribution is -2.60. The van der Waals surface area contributed by atoms with Gasteiger partial charge >= 0.3 is 0 Å². The molecule has 23 heavy (non-hydrogen) atoms. The molecule has 3 aromatic rings. The Balaban J connectivity index is 2.00. The van der Waals surface area contributed by atoms with Crippen molar-refractivity contribution >= 4 is 37.8 Å². The maximum Gasteiger partial charge on any atom is 0.245 e. The normalized spacial score (nSPS) is 23.2. The number of fused-ring (bicyclic) bond motifs is 1. The number of hydrogen-bond donors (Lipinski definition) is 0. The monoisotopic (exact) mass is 334 g/mol.